The third kappa shape index (κ3) is 1.73. The smallest absolute Gasteiger partial charge is 0.201 e. The number of aromatic amines is 1. The fourth-order valence-corrected chi connectivity index (χ4v) is 2.85. The van der Waals surface area contributed by atoms with Gasteiger partial charge in [-0.15, -0.1) is 0 Å². The Kier molecular flexibility index (Phi) is 2.55. The number of para-hydroxylation sites is 1. The van der Waals surface area contributed by atoms with E-state index in [-0.39, 0.29) is 5.41 Å². The molecule has 0 fully saturated rings. The van der Waals surface area contributed by atoms with Crippen molar-refractivity contribution < 1.29 is 9.15 Å². The third-order valence-electron chi connectivity index (χ3n) is 3.96. The van der Waals surface area contributed by atoms with Crippen molar-refractivity contribution in [2.24, 2.45) is 0 Å². The summed E-state index contributed by atoms with van der Waals surface area (Å²) in [6, 6.07) is 10.2. The van der Waals surface area contributed by atoms with E-state index in [1.807, 2.05) is 18.2 Å². The highest BCUT2D eigenvalue weighted by Crippen LogP contribution is 2.39. The molecule has 0 spiro atoms. The Balaban J connectivity index is 2.22. The molecule has 0 bridgehead atoms. The van der Waals surface area contributed by atoms with Crippen LogP contribution in [-0.4, -0.2) is 17.1 Å². The Morgan fingerprint density at radius 2 is 1.91 bits per heavy atom. The van der Waals surface area contributed by atoms with Gasteiger partial charge in [-0.2, -0.15) is 0 Å². The van der Waals surface area contributed by atoms with E-state index in [4.69, 9.17) is 14.1 Å². The van der Waals surface area contributed by atoms with E-state index in [0.29, 0.717) is 11.3 Å². The molecule has 0 saturated heterocycles. The lowest BCUT2D eigenvalue weighted by Gasteiger charge is -2.11. The van der Waals surface area contributed by atoms with Gasteiger partial charge in [0.15, 0.2) is 11.3 Å². The average molecular weight is 294 g/mol. The number of nitrogens with one attached hydrogen (secondary N) is 1. The molecule has 2 aromatic carbocycles. The van der Waals surface area contributed by atoms with Crippen LogP contribution in [0.15, 0.2) is 34.7 Å². The maximum absolute atomic E-state index is 6.03. The van der Waals surface area contributed by atoms with Crippen molar-refractivity contribution in [2.45, 2.75) is 26.2 Å². The van der Waals surface area contributed by atoms with E-state index in [9.17, 15) is 0 Å². The lowest BCUT2D eigenvalue weighted by atomic mass is 9.97. The molecule has 22 heavy (non-hydrogen) atoms. The molecule has 4 nitrogen and oxygen atoms in total. The summed E-state index contributed by atoms with van der Waals surface area (Å²) in [4.78, 5) is 8.21. The molecule has 0 saturated carbocycles. The minimum absolute atomic E-state index is 0.150. The molecule has 4 aromatic rings. The quantitative estimate of drug-likeness (QED) is 0.550. The molecular weight excluding hydrogens is 276 g/mol. The van der Waals surface area contributed by atoms with Crippen LogP contribution in [0.2, 0.25) is 0 Å². The Morgan fingerprint density at radius 3 is 2.64 bits per heavy atom. The number of benzene rings is 2. The van der Waals surface area contributed by atoms with E-state index in [1.165, 1.54) is 0 Å². The second kappa shape index (κ2) is 4.26. The van der Waals surface area contributed by atoms with E-state index < -0.39 is 0 Å². The number of rotatable bonds is 1. The Morgan fingerprint density at radius 1 is 1.14 bits per heavy atom. The fraction of sp³-hybridized carbons (Fsp3) is 0.278. The van der Waals surface area contributed by atoms with Crippen LogP contribution in [0.3, 0.4) is 0 Å². The minimum atomic E-state index is -0.150. The summed E-state index contributed by atoms with van der Waals surface area (Å²) in [5, 5.41) is 2.24. The molecule has 4 heteroatoms. The SMILES string of the molecule is COc1cc2[nH]c3ccccc3c2c2nc(C(C)(C)C)oc12. The van der Waals surface area contributed by atoms with Gasteiger partial charge < -0.3 is 14.1 Å². The predicted octanol–water partition coefficient (Wildman–Crippen LogP) is 4.77. The van der Waals surface area contributed by atoms with E-state index >= 15 is 0 Å². The van der Waals surface area contributed by atoms with Gasteiger partial charge in [-0.1, -0.05) is 39.0 Å². The Hall–Kier alpha value is -2.49. The first-order valence-corrected chi connectivity index (χ1v) is 7.37. The standard InChI is InChI=1S/C18H18N2O2/c1-18(2,3)17-20-15-14-10-7-5-6-8-11(10)19-12(14)9-13(21-4)16(15)22-17/h5-9,19H,1-4H3. The first kappa shape index (κ1) is 13.2. The van der Waals surface area contributed by atoms with Gasteiger partial charge in [0, 0.05) is 27.8 Å². The maximum Gasteiger partial charge on any atom is 0.201 e. The Bertz CT molecular complexity index is 1000. The predicted molar refractivity (Wildman–Crippen MR) is 88.6 cm³/mol. The number of ether oxygens (including phenoxy) is 1. The number of H-pyrrole nitrogens is 1. The summed E-state index contributed by atoms with van der Waals surface area (Å²) >= 11 is 0. The normalized spacial score (nSPS) is 12.5. The number of oxazole rings is 1. The van der Waals surface area contributed by atoms with E-state index in [2.05, 4.69) is 37.9 Å². The second-order valence-electron chi connectivity index (χ2n) is 6.62. The van der Waals surface area contributed by atoms with Crippen LogP contribution in [0.5, 0.6) is 5.75 Å². The summed E-state index contributed by atoms with van der Waals surface area (Å²) in [5.74, 6) is 1.43. The average Bonchev–Trinajstić information content (AvgIpc) is 3.06. The maximum atomic E-state index is 6.03. The van der Waals surface area contributed by atoms with Gasteiger partial charge in [0.1, 0.15) is 5.52 Å². The highest BCUT2D eigenvalue weighted by atomic mass is 16.5. The summed E-state index contributed by atoms with van der Waals surface area (Å²) in [6.07, 6.45) is 0. The molecule has 2 heterocycles. The van der Waals surface area contributed by atoms with Crippen LogP contribution in [0.25, 0.3) is 32.9 Å². The topological polar surface area (TPSA) is 51.0 Å². The molecule has 1 N–H and O–H groups in total. The zero-order valence-electron chi connectivity index (χ0n) is 13.2. The van der Waals surface area contributed by atoms with Gasteiger partial charge in [0.2, 0.25) is 5.89 Å². The summed E-state index contributed by atoms with van der Waals surface area (Å²) in [6.45, 7) is 6.28. The van der Waals surface area contributed by atoms with Crippen LogP contribution in [0, 0.1) is 0 Å². The zero-order valence-corrected chi connectivity index (χ0v) is 13.2. The fourth-order valence-electron chi connectivity index (χ4n) is 2.85. The van der Waals surface area contributed by atoms with Crippen LogP contribution in [0.4, 0.5) is 0 Å². The van der Waals surface area contributed by atoms with Gasteiger partial charge in [0.05, 0.1) is 12.6 Å². The first-order valence-electron chi connectivity index (χ1n) is 7.37. The molecular formula is C18H18N2O2. The molecule has 112 valence electrons. The molecule has 0 aliphatic heterocycles. The number of nitrogens with zero attached hydrogens (tertiary/aromatic N) is 1. The number of hydrogen-bond donors (Lipinski definition) is 1. The second-order valence-corrected chi connectivity index (χ2v) is 6.62. The van der Waals surface area contributed by atoms with E-state index in [0.717, 1.165) is 33.2 Å². The van der Waals surface area contributed by atoms with Crippen molar-refractivity contribution in [2.75, 3.05) is 7.11 Å². The zero-order chi connectivity index (χ0) is 15.5. The molecule has 0 aliphatic carbocycles. The van der Waals surface area contributed by atoms with Gasteiger partial charge in [-0.05, 0) is 6.07 Å². The molecule has 0 atom stereocenters. The molecule has 0 unspecified atom stereocenters. The number of hydrogen-bond acceptors (Lipinski definition) is 3. The van der Waals surface area contributed by atoms with Crippen LogP contribution in [-0.2, 0) is 5.41 Å². The van der Waals surface area contributed by atoms with Gasteiger partial charge in [-0.25, -0.2) is 4.98 Å². The molecule has 4 rings (SSSR count). The molecule has 0 radical (unpaired) electrons. The molecule has 0 aliphatic rings. The monoisotopic (exact) mass is 294 g/mol. The first-order chi connectivity index (χ1) is 10.5. The lowest BCUT2D eigenvalue weighted by molar-refractivity contribution is 0.385. The van der Waals surface area contributed by atoms with Gasteiger partial charge >= 0.3 is 0 Å². The largest absolute Gasteiger partial charge is 0.493 e. The van der Waals surface area contributed by atoms with Crippen molar-refractivity contribution in [1.82, 2.24) is 9.97 Å². The molecule has 0 amide bonds. The van der Waals surface area contributed by atoms with Crippen molar-refractivity contribution in [1.29, 1.82) is 0 Å². The highest BCUT2D eigenvalue weighted by molar-refractivity contribution is 6.19. The highest BCUT2D eigenvalue weighted by Gasteiger charge is 2.24. The Labute approximate surface area is 128 Å². The number of aromatic nitrogens is 2. The molecule has 2 aromatic heterocycles. The van der Waals surface area contributed by atoms with E-state index in [1.54, 1.807) is 7.11 Å². The number of fused-ring (bicyclic) bond motifs is 5. The summed E-state index contributed by atoms with van der Waals surface area (Å²) in [7, 11) is 1.66. The van der Waals surface area contributed by atoms with Crippen molar-refractivity contribution in [3.05, 3.63) is 36.2 Å². The summed E-state index contributed by atoms with van der Waals surface area (Å²) < 4.78 is 11.5. The van der Waals surface area contributed by atoms with Crippen LogP contribution in [0.1, 0.15) is 26.7 Å². The summed E-state index contributed by atoms with van der Waals surface area (Å²) in [5.41, 5.74) is 3.52. The van der Waals surface area contributed by atoms with Gasteiger partial charge in [-0.3, -0.25) is 0 Å². The lowest BCUT2D eigenvalue weighted by Crippen LogP contribution is -2.10. The van der Waals surface area contributed by atoms with Gasteiger partial charge in [0.25, 0.3) is 0 Å². The van der Waals surface area contributed by atoms with Crippen LogP contribution >= 0.6 is 0 Å². The van der Waals surface area contributed by atoms with Crippen molar-refractivity contribution in [3.8, 4) is 5.75 Å². The van der Waals surface area contributed by atoms with Crippen molar-refractivity contribution in [3.63, 3.8) is 0 Å². The number of methoxy groups -OCH3 is 1. The van der Waals surface area contributed by atoms with Crippen LogP contribution < -0.4 is 4.74 Å². The minimum Gasteiger partial charge on any atom is -0.493 e. The third-order valence-corrected chi connectivity index (χ3v) is 3.96. The van der Waals surface area contributed by atoms with Crippen molar-refractivity contribution >= 4 is 32.9 Å².